The summed E-state index contributed by atoms with van der Waals surface area (Å²) in [5.74, 6) is 0.240. The van der Waals surface area contributed by atoms with Crippen molar-refractivity contribution >= 4 is 0 Å². The Morgan fingerprint density at radius 2 is 1.71 bits per heavy atom. The van der Waals surface area contributed by atoms with E-state index >= 15 is 0 Å². The van der Waals surface area contributed by atoms with Crippen LogP contribution in [0.15, 0.2) is 12.1 Å². The molecule has 5 heteroatoms. The number of hydrogen-bond donors (Lipinski definition) is 2. The van der Waals surface area contributed by atoms with Gasteiger partial charge in [-0.15, -0.1) is 0 Å². The predicted molar refractivity (Wildman–Crippen MR) is 60.0 cm³/mol. The van der Waals surface area contributed by atoms with Crippen LogP contribution < -0.4 is 5.32 Å². The Balaban J connectivity index is 2.48. The topological polar surface area (TPSA) is 32.3 Å². The molecular weight excluding hydrogens is 231 g/mol. The molecule has 1 aromatic rings. The molecule has 2 nitrogen and oxygen atoms in total. The lowest BCUT2D eigenvalue weighted by molar-refractivity contribution is -0.133. The van der Waals surface area contributed by atoms with Gasteiger partial charge in [0.05, 0.1) is 6.42 Å². The lowest BCUT2D eigenvalue weighted by Crippen LogP contribution is -2.21. The predicted octanol–water partition coefficient (Wildman–Crippen LogP) is 3.05. The van der Waals surface area contributed by atoms with Crippen LogP contribution in [0.25, 0.3) is 0 Å². The molecule has 0 fully saturated rings. The third kappa shape index (κ3) is 4.65. The molecule has 0 atom stereocenters. The van der Waals surface area contributed by atoms with Crippen LogP contribution in [0.2, 0.25) is 0 Å². The van der Waals surface area contributed by atoms with E-state index in [1.807, 2.05) is 0 Å². The highest BCUT2D eigenvalue weighted by atomic mass is 19.4. The zero-order valence-corrected chi connectivity index (χ0v) is 9.86. The van der Waals surface area contributed by atoms with Crippen LogP contribution in [-0.4, -0.2) is 17.8 Å². The summed E-state index contributed by atoms with van der Waals surface area (Å²) in [5.41, 5.74) is 2.34. The number of phenolic OH excluding ortho intramolecular Hbond substituents is 1. The van der Waals surface area contributed by atoms with Crippen molar-refractivity contribution in [2.24, 2.45) is 0 Å². The monoisotopic (exact) mass is 247 g/mol. The van der Waals surface area contributed by atoms with E-state index in [0.29, 0.717) is 6.54 Å². The number of alkyl halides is 3. The van der Waals surface area contributed by atoms with E-state index < -0.39 is 12.6 Å². The Morgan fingerprint density at radius 1 is 1.18 bits per heavy atom. The molecular formula is C12H16F3NO. The average molecular weight is 247 g/mol. The van der Waals surface area contributed by atoms with Crippen molar-refractivity contribution in [1.82, 2.24) is 5.32 Å². The van der Waals surface area contributed by atoms with Crippen molar-refractivity contribution in [3.8, 4) is 5.75 Å². The lowest BCUT2D eigenvalue weighted by Gasteiger charge is -2.10. The van der Waals surface area contributed by atoms with Gasteiger partial charge in [-0.3, -0.25) is 0 Å². The lowest BCUT2D eigenvalue weighted by atomic mass is 10.1. The second-order valence-corrected chi connectivity index (χ2v) is 4.12. The number of halogens is 3. The van der Waals surface area contributed by atoms with Crippen molar-refractivity contribution in [3.05, 3.63) is 28.8 Å². The molecule has 0 saturated carbocycles. The molecule has 17 heavy (non-hydrogen) atoms. The highest BCUT2D eigenvalue weighted by Crippen LogP contribution is 2.23. The Kier molecular flexibility index (Phi) is 4.40. The molecule has 1 rings (SSSR count). The molecule has 0 saturated heterocycles. The molecule has 0 aliphatic heterocycles. The SMILES string of the molecule is Cc1cc(CNCCC(F)(F)F)cc(C)c1O. The fraction of sp³-hybridized carbons (Fsp3) is 0.500. The molecule has 0 heterocycles. The van der Waals surface area contributed by atoms with Crippen molar-refractivity contribution in [2.75, 3.05) is 6.54 Å². The molecule has 1 aromatic carbocycles. The average Bonchev–Trinajstić information content (AvgIpc) is 2.19. The van der Waals surface area contributed by atoms with E-state index in [1.54, 1.807) is 26.0 Å². The van der Waals surface area contributed by atoms with Gasteiger partial charge in [-0.1, -0.05) is 12.1 Å². The van der Waals surface area contributed by atoms with Crippen LogP contribution in [0.4, 0.5) is 13.2 Å². The number of nitrogens with one attached hydrogen (secondary N) is 1. The second-order valence-electron chi connectivity index (χ2n) is 4.12. The third-order valence-corrected chi connectivity index (χ3v) is 2.47. The van der Waals surface area contributed by atoms with Gasteiger partial charge in [-0.05, 0) is 30.5 Å². The fourth-order valence-corrected chi connectivity index (χ4v) is 1.61. The Hall–Kier alpha value is -1.23. The normalized spacial score (nSPS) is 11.8. The van der Waals surface area contributed by atoms with Crippen molar-refractivity contribution in [3.63, 3.8) is 0 Å². The second kappa shape index (κ2) is 5.40. The smallest absolute Gasteiger partial charge is 0.390 e. The summed E-state index contributed by atoms with van der Waals surface area (Å²) in [6.45, 7) is 3.81. The van der Waals surface area contributed by atoms with Gasteiger partial charge < -0.3 is 10.4 Å². The maximum atomic E-state index is 11.9. The summed E-state index contributed by atoms with van der Waals surface area (Å²) in [7, 11) is 0. The first-order valence-corrected chi connectivity index (χ1v) is 5.36. The summed E-state index contributed by atoms with van der Waals surface area (Å²) >= 11 is 0. The van der Waals surface area contributed by atoms with Crippen LogP contribution in [0.1, 0.15) is 23.1 Å². The summed E-state index contributed by atoms with van der Waals surface area (Å²) in [6.07, 6.45) is -4.95. The Morgan fingerprint density at radius 3 is 2.18 bits per heavy atom. The summed E-state index contributed by atoms with van der Waals surface area (Å²) < 4.78 is 35.7. The minimum absolute atomic E-state index is 0.0948. The van der Waals surface area contributed by atoms with E-state index in [0.717, 1.165) is 16.7 Å². The maximum Gasteiger partial charge on any atom is 0.390 e. The molecule has 0 spiro atoms. The van der Waals surface area contributed by atoms with Crippen LogP contribution in [0, 0.1) is 13.8 Å². The zero-order chi connectivity index (χ0) is 13.1. The first-order chi connectivity index (χ1) is 7.79. The number of aryl methyl sites for hydroxylation is 2. The number of rotatable bonds is 4. The minimum atomic E-state index is -4.12. The Labute approximate surface area is 98.5 Å². The molecule has 0 unspecified atom stereocenters. The molecule has 0 aliphatic carbocycles. The first-order valence-electron chi connectivity index (χ1n) is 5.36. The quantitative estimate of drug-likeness (QED) is 0.801. The highest BCUT2D eigenvalue weighted by Gasteiger charge is 2.25. The highest BCUT2D eigenvalue weighted by molar-refractivity contribution is 5.42. The van der Waals surface area contributed by atoms with E-state index in [4.69, 9.17) is 0 Å². The summed E-state index contributed by atoms with van der Waals surface area (Å²) in [4.78, 5) is 0. The van der Waals surface area contributed by atoms with Crippen LogP contribution in [-0.2, 0) is 6.54 Å². The molecule has 0 aromatic heterocycles. The number of aromatic hydroxyl groups is 1. The van der Waals surface area contributed by atoms with Crippen molar-refractivity contribution < 1.29 is 18.3 Å². The first kappa shape index (κ1) is 13.8. The van der Waals surface area contributed by atoms with Gasteiger partial charge in [0.2, 0.25) is 0 Å². The van der Waals surface area contributed by atoms with E-state index in [2.05, 4.69) is 5.32 Å². The Bertz CT molecular complexity index is 365. The van der Waals surface area contributed by atoms with E-state index in [-0.39, 0.29) is 12.3 Å². The summed E-state index contributed by atoms with van der Waals surface area (Å²) in [6, 6.07) is 3.53. The van der Waals surface area contributed by atoms with Crippen LogP contribution >= 0.6 is 0 Å². The standard InChI is InChI=1S/C12H16F3NO/c1-8-5-10(6-9(2)11(8)17)7-16-4-3-12(13,14)15/h5-6,16-17H,3-4,7H2,1-2H3. The molecule has 0 radical (unpaired) electrons. The van der Waals surface area contributed by atoms with Gasteiger partial charge in [0.25, 0.3) is 0 Å². The van der Waals surface area contributed by atoms with Gasteiger partial charge in [0, 0.05) is 13.1 Å². The number of hydrogen-bond acceptors (Lipinski definition) is 2. The summed E-state index contributed by atoms with van der Waals surface area (Å²) in [5, 5.41) is 12.3. The fourth-order valence-electron chi connectivity index (χ4n) is 1.61. The van der Waals surface area contributed by atoms with Gasteiger partial charge in [-0.2, -0.15) is 13.2 Å². The van der Waals surface area contributed by atoms with E-state index in [1.165, 1.54) is 0 Å². The zero-order valence-electron chi connectivity index (χ0n) is 9.86. The van der Waals surface area contributed by atoms with Crippen LogP contribution in [0.3, 0.4) is 0 Å². The number of benzene rings is 1. The van der Waals surface area contributed by atoms with Crippen molar-refractivity contribution in [2.45, 2.75) is 33.0 Å². The van der Waals surface area contributed by atoms with Gasteiger partial charge >= 0.3 is 6.18 Å². The largest absolute Gasteiger partial charge is 0.507 e. The number of phenols is 1. The van der Waals surface area contributed by atoms with Gasteiger partial charge in [-0.25, -0.2) is 0 Å². The molecule has 2 N–H and O–H groups in total. The van der Waals surface area contributed by atoms with Gasteiger partial charge in [0.15, 0.2) is 0 Å². The van der Waals surface area contributed by atoms with Gasteiger partial charge in [0.1, 0.15) is 5.75 Å². The minimum Gasteiger partial charge on any atom is -0.507 e. The molecule has 0 amide bonds. The maximum absolute atomic E-state index is 11.9. The molecule has 0 bridgehead atoms. The van der Waals surface area contributed by atoms with E-state index in [9.17, 15) is 18.3 Å². The molecule has 0 aliphatic rings. The molecule has 96 valence electrons. The van der Waals surface area contributed by atoms with Crippen molar-refractivity contribution in [1.29, 1.82) is 0 Å². The van der Waals surface area contributed by atoms with Crippen LogP contribution in [0.5, 0.6) is 5.75 Å². The third-order valence-electron chi connectivity index (χ3n) is 2.47.